The molecule has 12 heavy (non-hydrogen) atoms. The second-order valence-corrected chi connectivity index (χ2v) is 2.80. The predicted molar refractivity (Wildman–Crippen MR) is 53.7 cm³/mol. The van der Waals surface area contributed by atoms with Crippen LogP contribution in [0, 0.1) is 6.08 Å². The fourth-order valence-electron chi connectivity index (χ4n) is 1.06. The maximum absolute atomic E-state index is 3.09. The molecule has 0 unspecified atom stereocenters. The van der Waals surface area contributed by atoms with Crippen LogP contribution in [-0.2, 0) is 0 Å². The molecule has 0 nitrogen and oxygen atoms in total. The van der Waals surface area contributed by atoms with Crippen molar-refractivity contribution in [3.8, 4) is 0 Å². The quantitative estimate of drug-likeness (QED) is 0.474. The maximum Gasteiger partial charge on any atom is -0.0166 e. The van der Waals surface area contributed by atoms with Crippen molar-refractivity contribution in [3.63, 3.8) is 0 Å². The molecule has 0 aromatic rings. The van der Waals surface area contributed by atoms with Gasteiger partial charge in [-0.05, 0) is 31.8 Å². The van der Waals surface area contributed by atoms with Gasteiger partial charge in [0.15, 0.2) is 0 Å². The van der Waals surface area contributed by atoms with E-state index in [4.69, 9.17) is 0 Å². The van der Waals surface area contributed by atoms with Gasteiger partial charge in [0.25, 0.3) is 0 Å². The minimum Gasteiger partial charge on any atom is -0.0882 e. The van der Waals surface area contributed by atoms with Crippen LogP contribution in [0.2, 0.25) is 0 Å². The Balaban J connectivity index is 2.42. The summed E-state index contributed by atoms with van der Waals surface area (Å²) in [6.45, 7) is 0. The van der Waals surface area contributed by atoms with Crippen LogP contribution in [0.1, 0.15) is 25.7 Å². The van der Waals surface area contributed by atoms with Crippen LogP contribution in [0.15, 0.2) is 42.5 Å². The molecule has 0 amide bonds. The Morgan fingerprint density at radius 3 is 2.83 bits per heavy atom. The third-order valence-corrected chi connectivity index (χ3v) is 1.72. The molecule has 0 heteroatoms. The van der Waals surface area contributed by atoms with Crippen molar-refractivity contribution in [2.45, 2.75) is 25.7 Å². The number of hydrogen-bond acceptors (Lipinski definition) is 0. The van der Waals surface area contributed by atoms with Gasteiger partial charge in [-0.25, -0.2) is 0 Å². The van der Waals surface area contributed by atoms with Crippen molar-refractivity contribution in [1.29, 1.82) is 0 Å². The van der Waals surface area contributed by atoms with E-state index in [0.29, 0.717) is 0 Å². The van der Waals surface area contributed by atoms with Crippen molar-refractivity contribution in [1.82, 2.24) is 0 Å². The average molecular weight is 159 g/mol. The summed E-state index contributed by atoms with van der Waals surface area (Å²) in [6, 6.07) is 0. The van der Waals surface area contributed by atoms with E-state index in [1.165, 1.54) is 12.8 Å². The first-order valence-electron chi connectivity index (χ1n) is 4.54. The smallest absolute Gasteiger partial charge is 0.0166 e. The zero-order chi connectivity index (χ0) is 8.49. The van der Waals surface area contributed by atoms with E-state index in [-0.39, 0.29) is 0 Å². The molecule has 0 atom stereocenters. The zero-order valence-electron chi connectivity index (χ0n) is 7.37. The first-order valence-corrected chi connectivity index (χ1v) is 4.54. The molecular weight excluding hydrogens is 144 g/mol. The lowest BCUT2D eigenvalue weighted by atomic mass is 10.2. The SMILES string of the molecule is [C]1=C\C=C\C/C=C\CCC/C=C/1. The highest BCUT2D eigenvalue weighted by Gasteiger charge is 1.80. The van der Waals surface area contributed by atoms with Gasteiger partial charge in [-0.1, -0.05) is 42.5 Å². The van der Waals surface area contributed by atoms with Crippen molar-refractivity contribution < 1.29 is 0 Å². The van der Waals surface area contributed by atoms with E-state index >= 15 is 0 Å². The summed E-state index contributed by atoms with van der Waals surface area (Å²) in [5, 5.41) is 0. The molecule has 1 aliphatic carbocycles. The maximum atomic E-state index is 3.09. The van der Waals surface area contributed by atoms with Crippen LogP contribution in [0.5, 0.6) is 0 Å². The lowest BCUT2D eigenvalue weighted by Crippen LogP contribution is -1.70. The van der Waals surface area contributed by atoms with Gasteiger partial charge in [0.2, 0.25) is 0 Å². The second kappa shape index (κ2) is 6.66. The second-order valence-electron chi connectivity index (χ2n) is 2.80. The molecule has 1 radical (unpaired) electrons. The van der Waals surface area contributed by atoms with Crippen molar-refractivity contribution in [2.24, 2.45) is 0 Å². The lowest BCUT2D eigenvalue weighted by Gasteiger charge is -1.89. The number of rotatable bonds is 0. The summed E-state index contributed by atoms with van der Waals surface area (Å²) in [6.07, 6.45) is 22.5. The van der Waals surface area contributed by atoms with Crippen LogP contribution in [-0.4, -0.2) is 0 Å². The Labute approximate surface area is 75.0 Å². The third kappa shape index (κ3) is 4.73. The molecule has 0 bridgehead atoms. The van der Waals surface area contributed by atoms with Gasteiger partial charge in [-0.15, -0.1) is 0 Å². The normalized spacial score (nSPS) is 29.3. The Kier molecular flexibility index (Phi) is 5.02. The van der Waals surface area contributed by atoms with Crippen molar-refractivity contribution in [3.05, 3.63) is 48.6 Å². The molecule has 0 aromatic heterocycles. The highest BCUT2D eigenvalue weighted by molar-refractivity contribution is 5.07. The number of hydrogen-bond donors (Lipinski definition) is 0. The Bertz CT molecular complexity index is 204. The topological polar surface area (TPSA) is 0 Å². The summed E-state index contributed by atoms with van der Waals surface area (Å²) in [7, 11) is 0. The van der Waals surface area contributed by atoms with Gasteiger partial charge in [0.05, 0.1) is 0 Å². The summed E-state index contributed by atoms with van der Waals surface area (Å²) >= 11 is 0. The minimum absolute atomic E-state index is 1.04. The first kappa shape index (κ1) is 9.05. The molecular formula is C12H15. The van der Waals surface area contributed by atoms with Crippen LogP contribution < -0.4 is 0 Å². The van der Waals surface area contributed by atoms with Gasteiger partial charge < -0.3 is 0 Å². The van der Waals surface area contributed by atoms with E-state index in [0.717, 1.165) is 12.8 Å². The molecule has 0 spiro atoms. The van der Waals surface area contributed by atoms with Gasteiger partial charge in [-0.3, -0.25) is 0 Å². The number of allylic oxidation sites excluding steroid dienone is 8. The highest BCUT2D eigenvalue weighted by Crippen LogP contribution is 2.00. The minimum atomic E-state index is 1.04. The van der Waals surface area contributed by atoms with E-state index in [1.54, 1.807) is 0 Å². The zero-order valence-corrected chi connectivity index (χ0v) is 7.37. The van der Waals surface area contributed by atoms with Gasteiger partial charge in [0, 0.05) is 0 Å². The summed E-state index contributed by atoms with van der Waals surface area (Å²) in [4.78, 5) is 0. The largest absolute Gasteiger partial charge is 0.0882 e. The van der Waals surface area contributed by atoms with E-state index in [2.05, 4.69) is 30.4 Å². The molecule has 0 aliphatic heterocycles. The summed E-state index contributed by atoms with van der Waals surface area (Å²) in [5.74, 6) is 0. The van der Waals surface area contributed by atoms with E-state index in [9.17, 15) is 0 Å². The van der Waals surface area contributed by atoms with Crippen molar-refractivity contribution in [2.75, 3.05) is 0 Å². The predicted octanol–water partition coefficient (Wildman–Crippen LogP) is 3.59. The molecule has 0 N–H and O–H groups in total. The van der Waals surface area contributed by atoms with Crippen LogP contribution >= 0.6 is 0 Å². The van der Waals surface area contributed by atoms with Crippen LogP contribution in [0.3, 0.4) is 0 Å². The Hall–Kier alpha value is -1.04. The fraction of sp³-hybridized carbons (Fsp3) is 0.333. The lowest BCUT2D eigenvalue weighted by molar-refractivity contribution is 0.866. The van der Waals surface area contributed by atoms with Crippen molar-refractivity contribution >= 4 is 0 Å². The standard InChI is InChI=1S/C12H15/c1-2-4-6-8-10-12-11-9-7-5-3-1/h1-3,6-9H,4,10-12H2/b2-1+,5-3?,8-6-,9-7+. The molecule has 0 saturated heterocycles. The molecule has 0 fully saturated rings. The third-order valence-electron chi connectivity index (χ3n) is 1.72. The van der Waals surface area contributed by atoms with E-state index in [1.807, 2.05) is 18.2 Å². The van der Waals surface area contributed by atoms with Crippen LogP contribution in [0.4, 0.5) is 0 Å². The fourth-order valence-corrected chi connectivity index (χ4v) is 1.06. The summed E-state index contributed by atoms with van der Waals surface area (Å²) in [5.41, 5.74) is 0. The molecule has 1 rings (SSSR count). The van der Waals surface area contributed by atoms with Gasteiger partial charge in [-0.2, -0.15) is 0 Å². The molecule has 0 saturated carbocycles. The Morgan fingerprint density at radius 1 is 0.917 bits per heavy atom. The Morgan fingerprint density at radius 2 is 1.83 bits per heavy atom. The molecule has 0 heterocycles. The first-order chi connectivity index (χ1) is 6.00. The summed E-state index contributed by atoms with van der Waals surface area (Å²) < 4.78 is 0. The molecule has 63 valence electrons. The monoisotopic (exact) mass is 159 g/mol. The van der Waals surface area contributed by atoms with Gasteiger partial charge >= 0.3 is 0 Å². The molecule has 1 aliphatic rings. The van der Waals surface area contributed by atoms with Gasteiger partial charge in [0.1, 0.15) is 0 Å². The highest BCUT2D eigenvalue weighted by atomic mass is 13.9. The van der Waals surface area contributed by atoms with E-state index < -0.39 is 0 Å². The average Bonchev–Trinajstić information content (AvgIpc) is 2.05. The van der Waals surface area contributed by atoms with Crippen LogP contribution in [0.25, 0.3) is 0 Å². The molecule has 0 aromatic carbocycles.